The molecular formula is C11H10FNO. The normalized spacial score (nSPS) is 18.3. The van der Waals surface area contributed by atoms with Crippen molar-refractivity contribution < 1.29 is 9.13 Å². The number of nitrogens with zero attached hydrogens (tertiary/aromatic N) is 1. The molecule has 72 valence electrons. The minimum Gasteiger partial charge on any atom is -0.378 e. The largest absolute Gasteiger partial charge is 0.378 e. The molecule has 0 aromatic heterocycles. The topological polar surface area (TPSA) is 33.0 Å². The second kappa shape index (κ2) is 3.39. The molecule has 2 rings (SSSR count). The Morgan fingerprint density at radius 3 is 2.43 bits per heavy atom. The molecule has 1 aliphatic heterocycles. The number of ether oxygens (including phenoxy) is 1. The molecule has 3 heteroatoms. The van der Waals surface area contributed by atoms with Gasteiger partial charge in [0.15, 0.2) is 0 Å². The number of nitriles is 1. The third kappa shape index (κ3) is 1.61. The highest BCUT2D eigenvalue weighted by atomic mass is 19.1. The van der Waals surface area contributed by atoms with E-state index in [1.165, 1.54) is 12.1 Å². The maximum absolute atomic E-state index is 12.6. The average Bonchev–Trinajstić information content (AvgIpc) is 2.15. The van der Waals surface area contributed by atoms with E-state index in [1.54, 1.807) is 12.1 Å². The van der Waals surface area contributed by atoms with E-state index in [0.29, 0.717) is 19.6 Å². The summed E-state index contributed by atoms with van der Waals surface area (Å²) in [6.45, 7) is 0.974. The van der Waals surface area contributed by atoms with Gasteiger partial charge in [-0.1, -0.05) is 12.1 Å². The molecule has 1 saturated heterocycles. The van der Waals surface area contributed by atoms with Crippen molar-refractivity contribution in [3.05, 3.63) is 35.6 Å². The van der Waals surface area contributed by atoms with Crippen LogP contribution in [0.5, 0.6) is 0 Å². The van der Waals surface area contributed by atoms with Gasteiger partial charge in [-0.15, -0.1) is 0 Å². The van der Waals surface area contributed by atoms with Gasteiger partial charge in [0.2, 0.25) is 0 Å². The van der Waals surface area contributed by atoms with Crippen molar-refractivity contribution in [2.24, 2.45) is 5.41 Å². The molecule has 1 fully saturated rings. The van der Waals surface area contributed by atoms with Crippen molar-refractivity contribution in [2.45, 2.75) is 6.42 Å². The van der Waals surface area contributed by atoms with Crippen LogP contribution >= 0.6 is 0 Å². The van der Waals surface area contributed by atoms with Crippen LogP contribution in [-0.4, -0.2) is 13.2 Å². The first kappa shape index (κ1) is 9.17. The molecular weight excluding hydrogens is 181 g/mol. The molecule has 0 bridgehead atoms. The molecule has 1 aromatic carbocycles. The molecule has 0 amide bonds. The smallest absolute Gasteiger partial charge is 0.123 e. The standard InChI is InChI=1S/C11H10FNO/c12-10-3-1-9(2-4-10)5-11(6-13)7-14-8-11/h1-4H,5,7-8H2. The van der Waals surface area contributed by atoms with Crippen LogP contribution in [0.2, 0.25) is 0 Å². The van der Waals surface area contributed by atoms with Gasteiger partial charge in [-0.3, -0.25) is 0 Å². The summed E-state index contributed by atoms with van der Waals surface area (Å²) in [4.78, 5) is 0. The summed E-state index contributed by atoms with van der Waals surface area (Å²) >= 11 is 0. The zero-order valence-corrected chi connectivity index (χ0v) is 7.66. The van der Waals surface area contributed by atoms with Crippen molar-refractivity contribution in [3.63, 3.8) is 0 Å². The summed E-state index contributed by atoms with van der Waals surface area (Å²) < 4.78 is 17.6. The fourth-order valence-corrected chi connectivity index (χ4v) is 1.55. The van der Waals surface area contributed by atoms with Crippen molar-refractivity contribution in [2.75, 3.05) is 13.2 Å². The first-order valence-corrected chi connectivity index (χ1v) is 4.48. The number of hydrogen-bond acceptors (Lipinski definition) is 2. The Kier molecular flexibility index (Phi) is 2.22. The molecule has 1 heterocycles. The van der Waals surface area contributed by atoms with Gasteiger partial charge in [0.05, 0.1) is 19.3 Å². The molecule has 0 atom stereocenters. The molecule has 0 N–H and O–H groups in total. The minimum absolute atomic E-state index is 0.246. The fraction of sp³-hybridized carbons (Fsp3) is 0.364. The van der Waals surface area contributed by atoms with Gasteiger partial charge in [0, 0.05) is 0 Å². The Balaban J connectivity index is 2.11. The summed E-state index contributed by atoms with van der Waals surface area (Å²) in [5.41, 5.74) is 0.605. The predicted octanol–water partition coefficient (Wildman–Crippen LogP) is 1.91. The molecule has 0 aliphatic carbocycles. The molecule has 0 saturated carbocycles. The summed E-state index contributed by atoms with van der Waals surface area (Å²) in [6, 6.07) is 8.52. The fourth-order valence-electron chi connectivity index (χ4n) is 1.55. The predicted molar refractivity (Wildman–Crippen MR) is 49.0 cm³/mol. The third-order valence-electron chi connectivity index (χ3n) is 2.45. The number of rotatable bonds is 2. The SMILES string of the molecule is N#CC1(Cc2ccc(F)cc2)COC1. The second-order valence-corrected chi connectivity index (χ2v) is 3.69. The van der Waals surface area contributed by atoms with E-state index < -0.39 is 0 Å². The minimum atomic E-state index is -0.377. The Morgan fingerprint density at radius 2 is 2.00 bits per heavy atom. The van der Waals surface area contributed by atoms with Crippen LogP contribution in [0.1, 0.15) is 5.56 Å². The summed E-state index contributed by atoms with van der Waals surface area (Å²) in [6.07, 6.45) is 0.643. The van der Waals surface area contributed by atoms with E-state index in [0.717, 1.165) is 5.56 Å². The summed E-state index contributed by atoms with van der Waals surface area (Å²) in [7, 11) is 0. The third-order valence-corrected chi connectivity index (χ3v) is 2.45. The second-order valence-electron chi connectivity index (χ2n) is 3.69. The van der Waals surface area contributed by atoms with Crippen LogP contribution < -0.4 is 0 Å². The lowest BCUT2D eigenvalue weighted by atomic mass is 9.81. The van der Waals surface area contributed by atoms with Crippen LogP contribution in [-0.2, 0) is 11.2 Å². The number of hydrogen-bond donors (Lipinski definition) is 0. The van der Waals surface area contributed by atoms with Crippen LogP contribution in [0, 0.1) is 22.6 Å². The van der Waals surface area contributed by atoms with Crippen molar-refractivity contribution in [1.82, 2.24) is 0 Å². The molecule has 0 spiro atoms. The highest BCUT2D eigenvalue weighted by Crippen LogP contribution is 2.30. The van der Waals surface area contributed by atoms with E-state index in [4.69, 9.17) is 10.00 Å². The lowest BCUT2D eigenvalue weighted by Gasteiger charge is -2.35. The monoisotopic (exact) mass is 191 g/mol. The van der Waals surface area contributed by atoms with Crippen LogP contribution in [0.15, 0.2) is 24.3 Å². The average molecular weight is 191 g/mol. The Hall–Kier alpha value is -1.40. The molecule has 2 nitrogen and oxygen atoms in total. The van der Waals surface area contributed by atoms with Crippen LogP contribution in [0.25, 0.3) is 0 Å². The summed E-state index contributed by atoms with van der Waals surface area (Å²) in [5, 5.41) is 8.95. The lowest BCUT2D eigenvalue weighted by Crippen LogP contribution is -2.43. The van der Waals surface area contributed by atoms with E-state index in [-0.39, 0.29) is 11.2 Å². The van der Waals surface area contributed by atoms with Gasteiger partial charge >= 0.3 is 0 Å². The van der Waals surface area contributed by atoms with Crippen LogP contribution in [0.4, 0.5) is 4.39 Å². The molecule has 1 aliphatic rings. The molecule has 14 heavy (non-hydrogen) atoms. The van der Waals surface area contributed by atoms with Crippen molar-refractivity contribution in [1.29, 1.82) is 5.26 Å². The zero-order valence-electron chi connectivity index (χ0n) is 7.66. The number of benzene rings is 1. The first-order chi connectivity index (χ1) is 6.74. The maximum Gasteiger partial charge on any atom is 0.123 e. The first-order valence-electron chi connectivity index (χ1n) is 4.48. The van der Waals surface area contributed by atoms with Gasteiger partial charge in [-0.25, -0.2) is 4.39 Å². The molecule has 0 unspecified atom stereocenters. The highest BCUT2D eigenvalue weighted by molar-refractivity contribution is 5.21. The molecule has 1 aromatic rings. The van der Waals surface area contributed by atoms with E-state index in [2.05, 4.69) is 6.07 Å². The highest BCUT2D eigenvalue weighted by Gasteiger charge is 2.38. The summed E-state index contributed by atoms with van der Waals surface area (Å²) in [5.74, 6) is -0.246. The van der Waals surface area contributed by atoms with Gasteiger partial charge in [-0.2, -0.15) is 5.26 Å². The van der Waals surface area contributed by atoms with Crippen molar-refractivity contribution >= 4 is 0 Å². The maximum atomic E-state index is 12.6. The zero-order chi connectivity index (χ0) is 10.0. The Bertz CT molecular complexity index is 362. The Morgan fingerprint density at radius 1 is 1.36 bits per heavy atom. The van der Waals surface area contributed by atoms with E-state index in [1.807, 2.05) is 0 Å². The van der Waals surface area contributed by atoms with Crippen LogP contribution in [0.3, 0.4) is 0 Å². The lowest BCUT2D eigenvalue weighted by molar-refractivity contribution is -0.0765. The Labute approximate surface area is 81.9 Å². The quantitative estimate of drug-likeness (QED) is 0.715. The van der Waals surface area contributed by atoms with Crippen molar-refractivity contribution in [3.8, 4) is 6.07 Å². The van der Waals surface area contributed by atoms with Gasteiger partial charge in [-0.05, 0) is 24.1 Å². The molecule has 0 radical (unpaired) electrons. The van der Waals surface area contributed by atoms with E-state index in [9.17, 15) is 4.39 Å². The van der Waals surface area contributed by atoms with E-state index >= 15 is 0 Å². The van der Waals surface area contributed by atoms with Gasteiger partial charge in [0.25, 0.3) is 0 Å². The van der Waals surface area contributed by atoms with Gasteiger partial charge < -0.3 is 4.74 Å². The number of halogens is 1. The van der Waals surface area contributed by atoms with Gasteiger partial charge in [0.1, 0.15) is 11.2 Å².